The highest BCUT2D eigenvalue weighted by atomic mass is 35.5. The highest BCUT2D eigenvalue weighted by Gasteiger charge is 2.18. The van der Waals surface area contributed by atoms with Crippen molar-refractivity contribution in [2.45, 2.75) is 80.4 Å². The Labute approximate surface area is 738 Å². The van der Waals surface area contributed by atoms with Crippen LogP contribution in [0.3, 0.4) is 0 Å². The number of nitrogens with zero attached hydrogens (tertiary/aromatic N) is 2. The van der Waals surface area contributed by atoms with E-state index in [4.69, 9.17) is 77.7 Å². The normalized spacial score (nSPS) is 10.1. The Hall–Kier alpha value is -12.7. The molecule has 0 aliphatic heterocycles. The highest BCUT2D eigenvalue weighted by Crippen LogP contribution is 2.31. The van der Waals surface area contributed by atoms with Crippen LogP contribution in [0.2, 0.25) is 0 Å². The van der Waals surface area contributed by atoms with Crippen molar-refractivity contribution in [2.24, 2.45) is 0 Å². The van der Waals surface area contributed by atoms with Crippen molar-refractivity contribution >= 4 is 121 Å². The molecule has 0 spiro atoms. The summed E-state index contributed by atoms with van der Waals surface area (Å²) in [6, 6.07) is 70.8. The summed E-state index contributed by atoms with van der Waals surface area (Å²) in [5, 5.41) is 28.3. The Bertz CT molecular complexity index is 5150. The van der Waals surface area contributed by atoms with Gasteiger partial charge < -0.3 is 54.5 Å². The van der Waals surface area contributed by atoms with Crippen molar-refractivity contribution in [3.63, 3.8) is 0 Å². The van der Waals surface area contributed by atoms with E-state index in [1.165, 1.54) is 82.1 Å². The molecule has 0 saturated heterocycles. The number of benzene rings is 11. The topological polar surface area (TPSA) is 352 Å². The minimum atomic E-state index is -0.736. The van der Waals surface area contributed by atoms with Gasteiger partial charge in [-0.15, -0.1) is 35.3 Å². The molecule has 0 heterocycles. The maximum Gasteiger partial charge on any atom is 0.304 e. The van der Waals surface area contributed by atoms with Crippen molar-refractivity contribution < 1.29 is 86.4 Å². The monoisotopic (exact) mass is 1770 g/mol. The number of ether oxygens (including phenoxy) is 8. The van der Waals surface area contributed by atoms with Gasteiger partial charge in [0, 0.05) is 145 Å². The second kappa shape index (κ2) is 54.6. The minimum absolute atomic E-state index is 0.0103. The number of non-ortho nitro benzene ring substituents is 2. The summed E-state index contributed by atoms with van der Waals surface area (Å²) in [5.41, 5.74) is 21.2. The van der Waals surface area contributed by atoms with Gasteiger partial charge in [-0.3, -0.25) is 53.8 Å². The first kappa shape index (κ1) is 101. The van der Waals surface area contributed by atoms with Gasteiger partial charge in [-0.2, -0.15) is 0 Å². The molecule has 0 aliphatic rings. The number of carbonyl (C=O) groups is 7. The predicted octanol–water partition coefficient (Wildman–Crippen LogP) is 20.5. The zero-order chi connectivity index (χ0) is 90.3. The molecule has 5 N–H and O–H groups in total. The number of rotatable bonds is 34. The molecule has 0 unspecified atom stereocenters. The fraction of sp³-hybridized carbons (Fsp3) is 0.223. The number of methoxy groups -OCH3 is 8. The highest BCUT2D eigenvalue weighted by molar-refractivity contribution is 7.99. The number of nitro benzene ring substituents is 2. The minimum Gasteiger partial charge on any atom is -0.497 e. The summed E-state index contributed by atoms with van der Waals surface area (Å²) in [5.74, 6) is 6.82. The lowest BCUT2D eigenvalue weighted by Gasteiger charge is -2.10. The average Bonchev–Trinajstić information content (AvgIpc) is 0.847. The molecule has 0 fully saturated rings. The number of carboxylic acids is 1. The number of aliphatic carboxylic acids is 1. The van der Waals surface area contributed by atoms with Crippen molar-refractivity contribution in [1.82, 2.24) is 0 Å². The van der Waals surface area contributed by atoms with E-state index in [0.29, 0.717) is 98.9 Å². The Balaban J connectivity index is 0.000000264. The van der Waals surface area contributed by atoms with Gasteiger partial charge in [0.25, 0.3) is 16.6 Å². The fourth-order valence-corrected chi connectivity index (χ4v) is 13.6. The van der Waals surface area contributed by atoms with E-state index in [9.17, 15) is 53.8 Å². The maximum absolute atomic E-state index is 12.7. The van der Waals surface area contributed by atoms with Crippen molar-refractivity contribution in [3.8, 4) is 46.0 Å². The van der Waals surface area contributed by atoms with Crippen LogP contribution in [-0.4, -0.2) is 129 Å². The standard InChI is InChI=1S/C27H28O4S.C16H15NO5.C16H17NO3.C10H11ClOS.C10H12O2S.C8H11NO2.C7H4ClNO3/c1-19-4-11-25(12-5-19)32-15-14-23(28)16-20-6-8-21(9-7-20)26(29)18-22-17-24(30-2)10-13-27(22)31-3;1-21-14-7-8-16(22-2)12(9-14)10-15(18)11-3-5-13(6-4-11)17(19)20;1-19-14-7-8-16(20-2)12(9-14)10-15(18)11-3-5-13(17)6-4-11;2*1-8-2-4-9(5-3-8)13-7-6-10(11)12;1-10-6-3-4-8(11-2)7(9)5-6;8-7(10)5-1-3-6(4-2-5)9(11)12/h4-13,17H,14-16,18H2,1-3H3;3-9H,10H2,1-2H3;3-9H,10,17H2,1-2H3;2-5H,6-7H2,1H3;2-5H,6-7H2,1H3,(H,11,12);3-5H,9H2,1-2H3;1-4H. The van der Waals surface area contributed by atoms with Crippen molar-refractivity contribution in [1.29, 1.82) is 0 Å². The molecule has 0 bridgehead atoms. The SMILES string of the molecule is COc1ccc(OC)c(CC(=O)c2ccc(CC(=O)CCSc3ccc(C)cc3)cc2)c1.COc1ccc(OC)c(CC(=O)c2ccc(N)cc2)c1.COc1ccc(OC)c(CC(=O)c2ccc([N+](=O)[O-])cc2)c1.COc1ccc(OC)c(N)c1.Cc1ccc(SCCC(=O)Cl)cc1.Cc1ccc(SCCC(=O)O)cc1.O=C(Cl)c1ccc([N+](=O)[O-])cc1. The number of nitrogen functional groups attached to an aromatic ring is 2. The fourth-order valence-electron chi connectivity index (χ4n) is 10.7. The van der Waals surface area contributed by atoms with Crippen molar-refractivity contribution in [2.75, 3.05) is 85.6 Å². The van der Waals surface area contributed by atoms with E-state index < -0.39 is 21.1 Å². The van der Waals surface area contributed by atoms with Gasteiger partial charge in [-0.05, 0) is 201 Å². The largest absolute Gasteiger partial charge is 0.497 e. The first-order chi connectivity index (χ1) is 58.9. The van der Waals surface area contributed by atoms with Crippen LogP contribution >= 0.6 is 58.5 Å². The Morgan fingerprint density at radius 3 is 0.959 bits per heavy atom. The third-order valence-corrected chi connectivity index (χ3v) is 20.9. The van der Waals surface area contributed by atoms with E-state index in [-0.39, 0.29) is 71.0 Å². The molecule has 11 rings (SSSR count). The first-order valence-electron chi connectivity index (χ1n) is 37.8. The number of halogens is 2. The molecular weight excluding hydrogens is 1670 g/mol. The predicted molar refractivity (Wildman–Crippen MR) is 487 cm³/mol. The number of nitro groups is 2. The van der Waals surface area contributed by atoms with Gasteiger partial charge in [0.1, 0.15) is 51.8 Å². The molecule has 0 atom stereocenters. The summed E-state index contributed by atoms with van der Waals surface area (Å²) in [6.07, 6.45) is 2.15. The Kier molecular flexibility index (Phi) is 44.8. The number of anilines is 2. The summed E-state index contributed by atoms with van der Waals surface area (Å²) in [4.78, 5) is 104. The van der Waals surface area contributed by atoms with Gasteiger partial charge in [0.15, 0.2) is 17.3 Å². The lowest BCUT2D eigenvalue weighted by atomic mass is 9.99. The van der Waals surface area contributed by atoms with Crippen molar-refractivity contribution in [3.05, 3.63) is 324 Å². The number of ketones is 4. The summed E-state index contributed by atoms with van der Waals surface area (Å²) < 4.78 is 41.4. The molecule has 0 radical (unpaired) electrons. The number of hydrogen-bond acceptors (Lipinski definition) is 24. The third-order valence-electron chi connectivity index (χ3n) is 17.4. The number of carboxylic acid groups (broad SMARTS) is 1. The van der Waals surface area contributed by atoms with Crippen LogP contribution in [0, 0.1) is 41.0 Å². The number of aryl methyl sites for hydroxylation is 3. The molecule has 11 aromatic carbocycles. The summed E-state index contributed by atoms with van der Waals surface area (Å²) in [7, 11) is 12.6. The second-order valence-electron chi connectivity index (χ2n) is 26.3. The number of hydrogen-bond donors (Lipinski definition) is 3. The molecule has 0 aromatic heterocycles. The lowest BCUT2D eigenvalue weighted by Crippen LogP contribution is -2.07. The second-order valence-corrected chi connectivity index (χ2v) is 30.6. The van der Waals surface area contributed by atoms with Crippen LogP contribution in [0.4, 0.5) is 22.7 Å². The zero-order valence-corrected chi connectivity index (χ0v) is 73.9. The Morgan fingerprint density at radius 1 is 0.358 bits per heavy atom. The molecule has 0 saturated carbocycles. The van der Waals surface area contributed by atoms with Crippen LogP contribution in [0.15, 0.2) is 257 Å². The molecule has 646 valence electrons. The van der Waals surface area contributed by atoms with Gasteiger partial charge in [0.05, 0.1) is 78.8 Å². The average molecular weight is 1770 g/mol. The lowest BCUT2D eigenvalue weighted by molar-refractivity contribution is -0.385. The molecule has 24 nitrogen and oxygen atoms in total. The van der Waals surface area contributed by atoms with Gasteiger partial charge in [0.2, 0.25) is 5.24 Å². The zero-order valence-electron chi connectivity index (χ0n) is 69.9. The molecule has 0 amide bonds. The van der Waals surface area contributed by atoms with Crippen LogP contribution in [0.5, 0.6) is 46.0 Å². The summed E-state index contributed by atoms with van der Waals surface area (Å²) >= 11 is 15.3. The smallest absolute Gasteiger partial charge is 0.304 e. The molecule has 29 heteroatoms. The number of Topliss-reactive ketones (excluding diaryl/α,β-unsaturated/α-hetero) is 4. The summed E-state index contributed by atoms with van der Waals surface area (Å²) in [6.45, 7) is 6.15. The van der Waals surface area contributed by atoms with Crippen LogP contribution in [0.25, 0.3) is 0 Å². The number of nitrogens with two attached hydrogens (primary N) is 2. The maximum atomic E-state index is 12.7. The molecular formula is C94H98Cl2N4O20S3. The van der Waals surface area contributed by atoms with Gasteiger partial charge >= 0.3 is 5.97 Å². The van der Waals surface area contributed by atoms with E-state index >= 15 is 0 Å². The van der Waals surface area contributed by atoms with Gasteiger partial charge in [-0.25, -0.2) is 0 Å². The number of carbonyl (C=O) groups excluding carboxylic acids is 6. The number of thioether (sulfide) groups is 3. The third kappa shape index (κ3) is 37.5. The van der Waals surface area contributed by atoms with Crippen LogP contribution in [0.1, 0.15) is 99.6 Å². The van der Waals surface area contributed by atoms with E-state index in [2.05, 4.69) is 62.4 Å². The van der Waals surface area contributed by atoms with E-state index in [1.54, 1.807) is 182 Å². The molecule has 11 aromatic rings. The van der Waals surface area contributed by atoms with E-state index in [1.807, 2.05) is 55.5 Å². The Morgan fingerprint density at radius 2 is 0.659 bits per heavy atom. The van der Waals surface area contributed by atoms with Crippen LogP contribution in [-0.2, 0) is 40.1 Å². The van der Waals surface area contributed by atoms with E-state index in [0.717, 1.165) is 38.8 Å². The van der Waals surface area contributed by atoms with Gasteiger partial charge in [-0.1, -0.05) is 77.4 Å². The van der Waals surface area contributed by atoms with Crippen LogP contribution < -0.4 is 49.4 Å². The molecule has 0 aliphatic carbocycles. The first-order valence-corrected chi connectivity index (χ1v) is 41.5. The quantitative estimate of drug-likeness (QED) is 0.00842. The molecule has 123 heavy (non-hydrogen) atoms.